The first-order valence-electron chi connectivity index (χ1n) is 8.21. The zero-order chi connectivity index (χ0) is 20.7. The fourth-order valence-electron chi connectivity index (χ4n) is 2.90. The van der Waals surface area contributed by atoms with Crippen LogP contribution in [0.15, 0.2) is 69.3 Å². The molecule has 0 aliphatic carbocycles. The molecule has 0 aromatic heterocycles. The van der Waals surface area contributed by atoms with E-state index in [1.54, 1.807) is 0 Å². The maximum Gasteiger partial charge on any atom is 0.864 e. The van der Waals surface area contributed by atoms with Crippen LogP contribution in [0.3, 0.4) is 0 Å². The minimum Gasteiger partial charge on any atom is -0.489 e. The average Bonchev–Trinajstić information content (AvgIpc) is 2.61. The van der Waals surface area contributed by atoms with E-state index >= 15 is 0 Å². The van der Waals surface area contributed by atoms with Crippen molar-refractivity contribution in [1.82, 2.24) is 0 Å². The predicted octanol–water partition coefficient (Wildman–Crippen LogP) is 8.69. The molecule has 1 heterocycles. The smallest absolute Gasteiger partial charge is 0.489 e. The molecule has 4 rings (SSSR count). The molecule has 0 N–H and O–H groups in total. The van der Waals surface area contributed by atoms with E-state index in [0.717, 1.165) is 38.0 Å². The first-order chi connectivity index (χ1) is 13.8. The lowest BCUT2D eigenvalue weighted by atomic mass is 10.0. The Morgan fingerprint density at radius 3 is 1.69 bits per heavy atom. The van der Waals surface area contributed by atoms with Crippen LogP contribution in [0.1, 0.15) is 11.1 Å². The van der Waals surface area contributed by atoms with Gasteiger partial charge in [0.2, 0.25) is 0 Å². The lowest BCUT2D eigenvalue weighted by Crippen LogP contribution is -2.38. The van der Waals surface area contributed by atoms with Crippen LogP contribution >= 0.6 is 95.6 Å². The summed E-state index contributed by atoms with van der Waals surface area (Å²) in [7, 11) is -1.000. The molecule has 29 heavy (non-hydrogen) atoms. The quantitative estimate of drug-likeness (QED) is 0.244. The van der Waals surface area contributed by atoms with E-state index in [4.69, 9.17) is 14.0 Å². The second-order valence-electron chi connectivity index (χ2n) is 6.15. The third-order valence-corrected chi connectivity index (χ3v) is 7.30. The topological polar surface area (TPSA) is 27.7 Å². The molecule has 3 aromatic rings. The Morgan fingerprint density at radius 2 is 1.17 bits per heavy atom. The Labute approximate surface area is 218 Å². The second-order valence-corrected chi connectivity index (χ2v) is 11.5. The molecule has 0 amide bonds. The number of hydrogen-bond donors (Lipinski definition) is 0. The molecule has 0 saturated carbocycles. The van der Waals surface area contributed by atoms with Crippen LogP contribution in [0.2, 0.25) is 0 Å². The molecule has 0 radical (unpaired) electrons. The van der Waals surface area contributed by atoms with Crippen LogP contribution in [-0.4, -0.2) is 7.32 Å². The minimum atomic E-state index is -1.000. The van der Waals surface area contributed by atoms with Gasteiger partial charge in [0.15, 0.2) is 0 Å². The molecule has 3 nitrogen and oxygen atoms in total. The average molecular weight is 776 g/mol. The molecule has 0 atom stereocenters. The van der Waals surface area contributed by atoms with Crippen molar-refractivity contribution in [2.45, 2.75) is 6.42 Å². The van der Waals surface area contributed by atoms with Crippen molar-refractivity contribution in [2.75, 3.05) is 0 Å². The van der Waals surface area contributed by atoms with E-state index in [2.05, 4.69) is 95.6 Å². The maximum absolute atomic E-state index is 6.18. The largest absolute Gasteiger partial charge is 0.864 e. The molecular weight excluding hydrogens is 766 g/mol. The highest BCUT2D eigenvalue weighted by atomic mass is 79.9. The van der Waals surface area contributed by atoms with E-state index in [9.17, 15) is 0 Å². The summed E-state index contributed by atoms with van der Waals surface area (Å²) in [5, 5.41) is 0. The Bertz CT molecular complexity index is 1050. The second kappa shape index (κ2) is 9.24. The standard InChI is InChI=1S/C19H9BBr6O3/c21-11-1-2-17(14(24)6-11)27-20-28-18-9(4-12(22)7-15(18)25)3-10-5-13(23)8-16(26)19(10)29-20/h1-2,4-8H,3H2. The summed E-state index contributed by atoms with van der Waals surface area (Å²) in [5.41, 5.74) is 2.01. The molecule has 3 aromatic carbocycles. The molecule has 0 spiro atoms. The summed E-state index contributed by atoms with van der Waals surface area (Å²) in [6, 6.07) is 13.6. The summed E-state index contributed by atoms with van der Waals surface area (Å²) in [6.45, 7) is 0. The fraction of sp³-hybridized carbons (Fsp3) is 0.0526. The van der Waals surface area contributed by atoms with Crippen LogP contribution in [-0.2, 0) is 6.42 Å². The third-order valence-electron chi connectivity index (χ3n) is 4.10. The van der Waals surface area contributed by atoms with E-state index in [1.165, 1.54) is 0 Å². The first kappa shape index (κ1) is 22.2. The minimum absolute atomic E-state index is 0.600. The van der Waals surface area contributed by atoms with Crippen molar-refractivity contribution < 1.29 is 14.0 Å². The monoisotopic (exact) mass is 770 g/mol. The Hall–Kier alpha value is 0.00494. The van der Waals surface area contributed by atoms with Gasteiger partial charge in [0.1, 0.15) is 17.2 Å². The van der Waals surface area contributed by atoms with Gasteiger partial charge in [0, 0.05) is 19.8 Å². The van der Waals surface area contributed by atoms with E-state index in [-0.39, 0.29) is 0 Å². The summed E-state index contributed by atoms with van der Waals surface area (Å²) in [6.07, 6.45) is 0.634. The van der Waals surface area contributed by atoms with Gasteiger partial charge in [0.05, 0.1) is 13.4 Å². The van der Waals surface area contributed by atoms with Crippen molar-refractivity contribution in [3.63, 3.8) is 0 Å². The Kier molecular flexibility index (Phi) is 7.08. The van der Waals surface area contributed by atoms with Crippen molar-refractivity contribution >= 4 is 103 Å². The van der Waals surface area contributed by atoms with Gasteiger partial charge >= 0.3 is 7.32 Å². The summed E-state index contributed by atoms with van der Waals surface area (Å²) in [5.74, 6) is 1.95. The maximum atomic E-state index is 6.18. The first-order valence-corrected chi connectivity index (χ1v) is 13.0. The number of fused-ring (bicyclic) bond motifs is 2. The number of rotatable bonds is 2. The molecule has 0 fully saturated rings. The zero-order valence-corrected chi connectivity index (χ0v) is 23.8. The van der Waals surface area contributed by atoms with Gasteiger partial charge in [-0.15, -0.1) is 0 Å². The van der Waals surface area contributed by atoms with Gasteiger partial charge in [-0.1, -0.05) is 47.8 Å². The third kappa shape index (κ3) is 5.09. The summed E-state index contributed by atoms with van der Waals surface area (Å²) >= 11 is 21.3. The molecule has 10 heteroatoms. The van der Waals surface area contributed by atoms with Crippen molar-refractivity contribution in [2.24, 2.45) is 0 Å². The van der Waals surface area contributed by atoms with Gasteiger partial charge in [-0.05, 0) is 101 Å². The number of benzene rings is 3. The highest BCUT2D eigenvalue weighted by molar-refractivity contribution is 9.11. The van der Waals surface area contributed by atoms with Crippen molar-refractivity contribution in [3.8, 4) is 17.2 Å². The lowest BCUT2D eigenvalue weighted by Gasteiger charge is -2.25. The van der Waals surface area contributed by atoms with Crippen LogP contribution in [0.5, 0.6) is 17.2 Å². The number of hydrogen-bond acceptors (Lipinski definition) is 3. The Balaban J connectivity index is 1.81. The zero-order valence-electron chi connectivity index (χ0n) is 14.3. The van der Waals surface area contributed by atoms with Gasteiger partial charge in [-0.2, -0.15) is 0 Å². The molecule has 1 aliphatic rings. The van der Waals surface area contributed by atoms with Gasteiger partial charge in [-0.3, -0.25) is 0 Å². The highest BCUT2D eigenvalue weighted by Crippen LogP contribution is 2.41. The van der Waals surface area contributed by atoms with Crippen LogP contribution < -0.4 is 14.0 Å². The van der Waals surface area contributed by atoms with E-state index in [1.807, 2.05) is 42.5 Å². The van der Waals surface area contributed by atoms with Crippen molar-refractivity contribution in [1.29, 1.82) is 0 Å². The SMILES string of the molecule is Brc1ccc(OB2Oc3c(Br)cc(Br)cc3Cc3cc(Br)cc(Br)c3O2)c(Br)c1. The van der Waals surface area contributed by atoms with Crippen LogP contribution in [0.25, 0.3) is 0 Å². The summed E-state index contributed by atoms with van der Waals surface area (Å²) in [4.78, 5) is 0. The molecule has 148 valence electrons. The normalized spacial score (nSPS) is 12.8. The Morgan fingerprint density at radius 1 is 0.655 bits per heavy atom. The molecule has 0 saturated heterocycles. The van der Waals surface area contributed by atoms with Gasteiger partial charge < -0.3 is 14.0 Å². The molecule has 0 bridgehead atoms. The molecular formula is C19H9BBr6O3. The van der Waals surface area contributed by atoms with E-state index in [0.29, 0.717) is 23.7 Å². The van der Waals surface area contributed by atoms with Crippen LogP contribution in [0.4, 0.5) is 0 Å². The number of halogens is 6. The lowest BCUT2D eigenvalue weighted by molar-refractivity contribution is 0.299. The van der Waals surface area contributed by atoms with Gasteiger partial charge in [-0.25, -0.2) is 0 Å². The highest BCUT2D eigenvalue weighted by Gasteiger charge is 2.36. The van der Waals surface area contributed by atoms with Crippen LogP contribution in [0, 0.1) is 0 Å². The predicted molar refractivity (Wildman–Crippen MR) is 136 cm³/mol. The summed E-state index contributed by atoms with van der Waals surface area (Å²) < 4.78 is 23.7. The molecule has 0 unspecified atom stereocenters. The van der Waals surface area contributed by atoms with E-state index < -0.39 is 7.32 Å². The van der Waals surface area contributed by atoms with Crippen molar-refractivity contribution in [3.05, 3.63) is 80.4 Å². The fourth-order valence-corrected chi connectivity index (χ4v) is 6.85. The van der Waals surface area contributed by atoms with Gasteiger partial charge in [0.25, 0.3) is 0 Å². The molecule has 1 aliphatic heterocycles.